The van der Waals surface area contributed by atoms with Gasteiger partial charge in [0.05, 0.1) is 12.5 Å². The van der Waals surface area contributed by atoms with Crippen molar-refractivity contribution in [1.29, 1.82) is 0 Å². The van der Waals surface area contributed by atoms with Gasteiger partial charge in [-0.3, -0.25) is 14.7 Å². The number of rotatable bonds is 5. The fourth-order valence-electron chi connectivity index (χ4n) is 4.52. The molecule has 2 aliphatic heterocycles. The van der Waals surface area contributed by atoms with Gasteiger partial charge in [-0.05, 0) is 55.1 Å². The molecule has 1 aromatic heterocycles. The molecule has 3 heterocycles. The lowest BCUT2D eigenvalue weighted by molar-refractivity contribution is -0.146. The summed E-state index contributed by atoms with van der Waals surface area (Å²) >= 11 is 0. The molecule has 1 unspecified atom stereocenters. The number of nitrogens with zero attached hydrogens (tertiary/aromatic N) is 3. The van der Waals surface area contributed by atoms with Gasteiger partial charge in [-0.1, -0.05) is 18.2 Å². The summed E-state index contributed by atoms with van der Waals surface area (Å²) < 4.78 is 5.32. The normalized spacial score (nSPS) is 23.1. The number of ether oxygens (including phenoxy) is 1. The van der Waals surface area contributed by atoms with Crippen molar-refractivity contribution in [2.24, 2.45) is 5.41 Å². The fourth-order valence-corrected chi connectivity index (χ4v) is 4.52. The molecule has 0 aliphatic carbocycles. The van der Waals surface area contributed by atoms with Crippen molar-refractivity contribution < 1.29 is 9.53 Å². The maximum atomic E-state index is 13.4. The first-order valence-corrected chi connectivity index (χ1v) is 9.72. The van der Waals surface area contributed by atoms with E-state index in [0.29, 0.717) is 12.5 Å². The van der Waals surface area contributed by atoms with E-state index in [2.05, 4.69) is 22.0 Å². The highest BCUT2D eigenvalue weighted by atomic mass is 16.5. The molecule has 2 aliphatic rings. The van der Waals surface area contributed by atoms with Crippen LogP contribution in [-0.4, -0.2) is 47.4 Å². The molecule has 1 atom stereocenters. The average Bonchev–Trinajstić information content (AvgIpc) is 3.10. The highest BCUT2D eigenvalue weighted by molar-refractivity contribution is 5.84. The van der Waals surface area contributed by atoms with Crippen LogP contribution in [0.2, 0.25) is 0 Å². The van der Waals surface area contributed by atoms with Crippen LogP contribution in [0.3, 0.4) is 0 Å². The summed E-state index contributed by atoms with van der Waals surface area (Å²) in [6.45, 7) is 4.22. The first-order chi connectivity index (χ1) is 13.2. The van der Waals surface area contributed by atoms with Crippen molar-refractivity contribution in [2.75, 3.05) is 26.7 Å². The Morgan fingerprint density at radius 2 is 2.00 bits per heavy atom. The molecule has 0 bridgehead atoms. The second-order valence-electron chi connectivity index (χ2n) is 7.78. The lowest BCUT2D eigenvalue weighted by atomic mass is 9.78. The Balaban J connectivity index is 1.43. The van der Waals surface area contributed by atoms with Gasteiger partial charge in [0.15, 0.2) is 0 Å². The molecular formula is C22H27N3O2. The van der Waals surface area contributed by atoms with Crippen molar-refractivity contribution in [3.05, 3.63) is 59.9 Å². The quantitative estimate of drug-likeness (QED) is 0.817. The summed E-state index contributed by atoms with van der Waals surface area (Å²) in [6.07, 6.45) is 6.76. The molecule has 5 heteroatoms. The van der Waals surface area contributed by atoms with Crippen LogP contribution in [0.1, 0.15) is 30.4 Å². The summed E-state index contributed by atoms with van der Waals surface area (Å²) in [6, 6.07) is 12.1. The molecule has 4 rings (SSSR count). The molecule has 0 radical (unpaired) electrons. The van der Waals surface area contributed by atoms with E-state index >= 15 is 0 Å². The van der Waals surface area contributed by atoms with E-state index in [1.54, 1.807) is 13.3 Å². The molecule has 5 nitrogen and oxygen atoms in total. The lowest BCUT2D eigenvalue weighted by Crippen LogP contribution is -2.49. The Morgan fingerprint density at radius 1 is 1.11 bits per heavy atom. The maximum absolute atomic E-state index is 13.4. The number of amides is 1. The largest absolute Gasteiger partial charge is 0.497 e. The summed E-state index contributed by atoms with van der Waals surface area (Å²) in [4.78, 5) is 22.0. The highest BCUT2D eigenvalue weighted by Crippen LogP contribution is 2.41. The molecule has 0 N–H and O–H groups in total. The zero-order valence-electron chi connectivity index (χ0n) is 15.9. The predicted octanol–water partition coefficient (Wildman–Crippen LogP) is 3.10. The third-order valence-corrected chi connectivity index (χ3v) is 5.89. The van der Waals surface area contributed by atoms with Gasteiger partial charge in [-0.15, -0.1) is 0 Å². The monoisotopic (exact) mass is 365 g/mol. The van der Waals surface area contributed by atoms with Crippen molar-refractivity contribution in [3.8, 4) is 5.75 Å². The molecule has 2 saturated heterocycles. The number of piperidine rings is 1. The third-order valence-electron chi connectivity index (χ3n) is 5.89. The molecule has 1 amide bonds. The molecular weight excluding hydrogens is 338 g/mol. The van der Waals surface area contributed by atoms with Crippen molar-refractivity contribution in [1.82, 2.24) is 14.8 Å². The second-order valence-corrected chi connectivity index (χ2v) is 7.78. The second kappa shape index (κ2) is 7.69. The third kappa shape index (κ3) is 3.83. The van der Waals surface area contributed by atoms with Crippen LogP contribution in [0, 0.1) is 5.41 Å². The molecule has 2 aromatic rings. The van der Waals surface area contributed by atoms with E-state index in [0.717, 1.165) is 56.8 Å². The maximum Gasteiger partial charge on any atom is 0.230 e. The van der Waals surface area contributed by atoms with E-state index in [9.17, 15) is 4.79 Å². The van der Waals surface area contributed by atoms with Crippen LogP contribution < -0.4 is 4.74 Å². The summed E-state index contributed by atoms with van der Waals surface area (Å²) in [5.41, 5.74) is 2.13. The van der Waals surface area contributed by atoms with Gasteiger partial charge < -0.3 is 9.64 Å². The minimum atomic E-state index is -0.209. The van der Waals surface area contributed by atoms with E-state index < -0.39 is 0 Å². The minimum Gasteiger partial charge on any atom is -0.497 e. The Kier molecular flexibility index (Phi) is 5.12. The number of carbonyl (C=O) groups excluding carboxylic acids is 1. The van der Waals surface area contributed by atoms with Gasteiger partial charge in [0.25, 0.3) is 0 Å². The number of carbonyl (C=O) groups is 1. The van der Waals surface area contributed by atoms with Crippen molar-refractivity contribution in [2.45, 2.75) is 32.4 Å². The molecule has 0 saturated carbocycles. The molecule has 1 spiro atoms. The number of methoxy groups -OCH3 is 1. The number of aromatic nitrogens is 1. The number of hydrogen-bond donors (Lipinski definition) is 0. The standard InChI is InChI=1S/C22H27N3O2/c1-27-20-7-2-5-18(13-20)16-25-11-4-8-22(21(25)26)9-12-24(17-22)15-19-6-3-10-23-14-19/h2-3,5-7,10,13-14H,4,8-9,11-12,15-17H2,1H3. The molecule has 2 fully saturated rings. The van der Waals surface area contributed by atoms with Gasteiger partial charge in [-0.2, -0.15) is 0 Å². The molecule has 1 aromatic carbocycles. The Labute approximate surface area is 161 Å². The van der Waals surface area contributed by atoms with Gasteiger partial charge in [0.1, 0.15) is 5.75 Å². The van der Waals surface area contributed by atoms with Crippen LogP contribution in [0.5, 0.6) is 5.75 Å². The van der Waals surface area contributed by atoms with E-state index in [-0.39, 0.29) is 5.41 Å². The van der Waals surface area contributed by atoms with Crippen LogP contribution in [-0.2, 0) is 17.9 Å². The van der Waals surface area contributed by atoms with Gasteiger partial charge >= 0.3 is 0 Å². The van der Waals surface area contributed by atoms with Gasteiger partial charge in [0, 0.05) is 38.6 Å². The average molecular weight is 365 g/mol. The van der Waals surface area contributed by atoms with Crippen LogP contribution >= 0.6 is 0 Å². The number of likely N-dealkylation sites (tertiary alicyclic amines) is 2. The van der Waals surface area contributed by atoms with Crippen LogP contribution in [0.25, 0.3) is 0 Å². The Morgan fingerprint density at radius 3 is 2.81 bits per heavy atom. The van der Waals surface area contributed by atoms with Gasteiger partial charge in [0.2, 0.25) is 5.91 Å². The summed E-state index contributed by atoms with van der Waals surface area (Å²) in [5.74, 6) is 1.17. The molecule has 142 valence electrons. The zero-order valence-corrected chi connectivity index (χ0v) is 15.9. The first-order valence-electron chi connectivity index (χ1n) is 9.72. The fraction of sp³-hybridized carbons (Fsp3) is 0.455. The molecule has 27 heavy (non-hydrogen) atoms. The van der Waals surface area contributed by atoms with E-state index in [4.69, 9.17) is 4.74 Å². The smallest absolute Gasteiger partial charge is 0.230 e. The topological polar surface area (TPSA) is 45.7 Å². The number of benzene rings is 1. The first kappa shape index (κ1) is 18.0. The zero-order chi connectivity index (χ0) is 18.7. The lowest BCUT2D eigenvalue weighted by Gasteiger charge is -2.39. The van der Waals surface area contributed by atoms with Gasteiger partial charge in [-0.25, -0.2) is 0 Å². The minimum absolute atomic E-state index is 0.209. The SMILES string of the molecule is COc1cccc(CN2CCCC3(CCN(Cc4cccnc4)C3)C2=O)c1. The summed E-state index contributed by atoms with van der Waals surface area (Å²) in [7, 11) is 1.68. The van der Waals surface area contributed by atoms with Crippen molar-refractivity contribution >= 4 is 5.91 Å². The van der Waals surface area contributed by atoms with Crippen LogP contribution in [0.15, 0.2) is 48.8 Å². The highest BCUT2D eigenvalue weighted by Gasteiger charge is 2.48. The summed E-state index contributed by atoms with van der Waals surface area (Å²) in [5, 5.41) is 0. The number of hydrogen-bond acceptors (Lipinski definition) is 4. The van der Waals surface area contributed by atoms with Crippen LogP contribution in [0.4, 0.5) is 0 Å². The van der Waals surface area contributed by atoms with E-state index in [1.165, 1.54) is 5.56 Å². The Hall–Kier alpha value is -2.40. The van der Waals surface area contributed by atoms with Crippen molar-refractivity contribution in [3.63, 3.8) is 0 Å². The van der Waals surface area contributed by atoms with E-state index in [1.807, 2.05) is 35.4 Å². The Bertz CT molecular complexity index is 795. The predicted molar refractivity (Wildman–Crippen MR) is 104 cm³/mol. The number of pyridine rings is 1.